The van der Waals surface area contributed by atoms with Crippen LogP contribution in [0, 0.1) is 6.92 Å². The minimum atomic E-state index is -0.997. The lowest BCUT2D eigenvalue weighted by atomic mass is 9.98. The van der Waals surface area contributed by atoms with E-state index in [1.165, 1.54) is 22.4 Å². The second kappa shape index (κ2) is 8.72. The van der Waals surface area contributed by atoms with E-state index in [-0.39, 0.29) is 0 Å². The highest BCUT2D eigenvalue weighted by molar-refractivity contribution is 7.19. The molecule has 1 aliphatic heterocycles. The second-order valence-electron chi connectivity index (χ2n) is 7.45. The zero-order chi connectivity index (χ0) is 22.8. The number of hydrogen-bond acceptors (Lipinski definition) is 8. The first-order valence-corrected chi connectivity index (χ1v) is 10.5. The largest absolute Gasteiger partial charge is 0.403 e. The molecule has 11 heteroatoms. The van der Waals surface area contributed by atoms with Gasteiger partial charge in [0, 0.05) is 30.8 Å². The molecule has 3 heterocycles. The molecule has 0 saturated carbocycles. The fraction of sp³-hybridized carbons (Fsp3) is 0.350. The number of carbonyl (C=O) groups excluding carboxylic acids is 2. The van der Waals surface area contributed by atoms with Crippen LogP contribution in [0.25, 0.3) is 10.6 Å². The lowest BCUT2D eigenvalue weighted by Gasteiger charge is -2.31. The average Bonchev–Trinajstić information content (AvgIpc) is 3.29. The summed E-state index contributed by atoms with van der Waals surface area (Å²) in [6, 6.07) is 1.37. The van der Waals surface area contributed by atoms with E-state index >= 15 is 0 Å². The van der Waals surface area contributed by atoms with Gasteiger partial charge in [-0.15, -0.1) is 0 Å². The Hall–Kier alpha value is -3.47. The van der Waals surface area contributed by atoms with Crippen LogP contribution in [-0.4, -0.2) is 43.9 Å². The number of primary amides is 1. The Morgan fingerprint density at radius 1 is 1.42 bits per heavy atom. The van der Waals surface area contributed by atoms with Crippen LogP contribution in [0.5, 0.6) is 0 Å². The second-order valence-corrected chi connectivity index (χ2v) is 8.44. The third-order valence-electron chi connectivity index (χ3n) is 5.16. The molecule has 31 heavy (non-hydrogen) atoms. The molecule has 5 N–H and O–H groups in total. The normalized spacial score (nSPS) is 18.4. The van der Waals surface area contributed by atoms with Crippen molar-refractivity contribution in [1.29, 1.82) is 0 Å². The Morgan fingerprint density at radius 2 is 2.16 bits per heavy atom. The van der Waals surface area contributed by atoms with Crippen molar-refractivity contribution in [3.63, 3.8) is 0 Å². The fourth-order valence-electron chi connectivity index (χ4n) is 3.43. The molecule has 2 aromatic rings. The zero-order valence-electron chi connectivity index (χ0n) is 17.8. The summed E-state index contributed by atoms with van der Waals surface area (Å²) in [5.74, 6) is -0.0994. The predicted molar refractivity (Wildman–Crippen MR) is 121 cm³/mol. The van der Waals surface area contributed by atoms with Crippen LogP contribution in [0.4, 0.5) is 15.9 Å². The van der Waals surface area contributed by atoms with Crippen molar-refractivity contribution in [1.82, 2.24) is 19.9 Å². The van der Waals surface area contributed by atoms with Gasteiger partial charge >= 0.3 is 6.03 Å². The van der Waals surface area contributed by atoms with Gasteiger partial charge in [0.1, 0.15) is 5.54 Å². The third-order valence-corrected chi connectivity index (χ3v) is 6.26. The van der Waals surface area contributed by atoms with E-state index in [0.717, 1.165) is 11.3 Å². The number of aryl methyl sites for hydroxylation is 1. The first-order chi connectivity index (χ1) is 14.7. The standard InChI is InChI=1S/C20H26N8O2S/c1-12(2)27(11-8-21)17-23-9-6-14(25-17)15-13(3)24-18(31-15)26-19(30)28-10-5-7-20(28,4)16(22)29/h6,8-9,11H,1,5,7,10,21H2,2-4H3,(H2,22,29)(H,24,26,30)/b11-8-/t20-/m0/s1. The lowest BCUT2D eigenvalue weighted by Crippen LogP contribution is -2.55. The Labute approximate surface area is 184 Å². The SMILES string of the molecule is C=C(C)N(/C=C\N)c1nccc(-c2sc(NC(=O)N3CCC[C@@]3(C)C(N)=O)nc2C)n1. The van der Waals surface area contributed by atoms with Crippen molar-refractivity contribution < 1.29 is 9.59 Å². The highest BCUT2D eigenvalue weighted by Gasteiger charge is 2.44. The molecule has 0 unspecified atom stereocenters. The number of rotatable bonds is 6. The monoisotopic (exact) mass is 442 g/mol. The van der Waals surface area contributed by atoms with Gasteiger partial charge in [-0.1, -0.05) is 17.9 Å². The first-order valence-electron chi connectivity index (χ1n) is 9.70. The molecule has 3 rings (SSSR count). The maximum atomic E-state index is 12.8. The maximum absolute atomic E-state index is 12.8. The van der Waals surface area contributed by atoms with Crippen molar-refractivity contribution in [3.8, 4) is 10.6 Å². The van der Waals surface area contributed by atoms with Crippen LogP contribution in [-0.2, 0) is 4.79 Å². The van der Waals surface area contributed by atoms with E-state index in [9.17, 15) is 9.59 Å². The van der Waals surface area contributed by atoms with Gasteiger partial charge in [-0.3, -0.25) is 15.0 Å². The maximum Gasteiger partial charge on any atom is 0.324 e. The number of nitrogens with one attached hydrogen (secondary N) is 1. The Bertz CT molecular complexity index is 1050. The minimum absolute atomic E-state index is 0.399. The minimum Gasteiger partial charge on any atom is -0.403 e. The molecule has 1 atom stereocenters. The van der Waals surface area contributed by atoms with Gasteiger partial charge in [0.25, 0.3) is 0 Å². The number of hydrogen-bond donors (Lipinski definition) is 3. The van der Waals surface area contributed by atoms with Crippen molar-refractivity contribution >= 4 is 34.4 Å². The lowest BCUT2D eigenvalue weighted by molar-refractivity contribution is -0.126. The number of nitrogens with zero attached hydrogens (tertiary/aromatic N) is 5. The van der Waals surface area contributed by atoms with Crippen LogP contribution in [0.2, 0.25) is 0 Å². The van der Waals surface area contributed by atoms with Gasteiger partial charge < -0.3 is 16.4 Å². The summed E-state index contributed by atoms with van der Waals surface area (Å²) >= 11 is 1.29. The molecule has 0 aliphatic carbocycles. The number of anilines is 2. The van der Waals surface area contributed by atoms with Crippen molar-refractivity contribution in [2.24, 2.45) is 11.5 Å². The van der Waals surface area contributed by atoms with Crippen molar-refractivity contribution in [2.75, 3.05) is 16.8 Å². The Kier molecular flexibility index (Phi) is 6.25. The van der Waals surface area contributed by atoms with Gasteiger partial charge in [0.05, 0.1) is 16.3 Å². The number of aromatic nitrogens is 3. The number of likely N-dealkylation sites (tertiary alicyclic amines) is 1. The van der Waals surface area contributed by atoms with Crippen LogP contribution in [0.3, 0.4) is 0 Å². The summed E-state index contributed by atoms with van der Waals surface area (Å²) in [5.41, 5.74) is 12.1. The molecule has 1 fully saturated rings. The molecule has 10 nitrogen and oxygen atoms in total. The molecule has 1 saturated heterocycles. The summed E-state index contributed by atoms with van der Waals surface area (Å²) < 4.78 is 0. The number of urea groups is 1. The van der Waals surface area contributed by atoms with E-state index < -0.39 is 17.5 Å². The zero-order valence-corrected chi connectivity index (χ0v) is 18.6. The van der Waals surface area contributed by atoms with Crippen LogP contribution in [0.15, 0.2) is 36.9 Å². The van der Waals surface area contributed by atoms with E-state index in [0.29, 0.717) is 41.1 Å². The van der Waals surface area contributed by atoms with Crippen LogP contribution < -0.4 is 21.7 Å². The van der Waals surface area contributed by atoms with Gasteiger partial charge in [0.2, 0.25) is 11.9 Å². The predicted octanol–water partition coefficient (Wildman–Crippen LogP) is 2.55. The van der Waals surface area contributed by atoms with Crippen LogP contribution >= 0.6 is 11.3 Å². The van der Waals surface area contributed by atoms with Gasteiger partial charge in [0.15, 0.2) is 5.13 Å². The summed E-state index contributed by atoms with van der Waals surface area (Å²) in [6.45, 7) is 9.72. The molecule has 2 aromatic heterocycles. The number of amides is 3. The van der Waals surface area contributed by atoms with Crippen molar-refractivity contribution in [2.45, 2.75) is 39.2 Å². The summed E-state index contributed by atoms with van der Waals surface area (Å²) in [5, 5.41) is 3.20. The Balaban J connectivity index is 1.85. The molecule has 0 radical (unpaired) electrons. The van der Waals surface area contributed by atoms with E-state index in [4.69, 9.17) is 11.5 Å². The molecule has 3 amide bonds. The quantitative estimate of drug-likeness (QED) is 0.623. The molecular formula is C20H26N8O2S. The molecule has 0 spiro atoms. The van der Waals surface area contributed by atoms with E-state index in [1.54, 1.807) is 30.3 Å². The molecule has 0 aromatic carbocycles. The number of allylic oxidation sites excluding steroid dienone is 1. The van der Waals surface area contributed by atoms with Gasteiger partial charge in [-0.25, -0.2) is 19.7 Å². The molecule has 1 aliphatic rings. The number of nitrogens with two attached hydrogens (primary N) is 2. The van der Waals surface area contributed by atoms with Crippen molar-refractivity contribution in [3.05, 3.63) is 42.6 Å². The molecule has 164 valence electrons. The molecular weight excluding hydrogens is 416 g/mol. The van der Waals surface area contributed by atoms with E-state index in [1.807, 2.05) is 13.8 Å². The fourth-order valence-corrected chi connectivity index (χ4v) is 4.36. The summed E-state index contributed by atoms with van der Waals surface area (Å²) in [4.78, 5) is 41.9. The number of thiazole rings is 1. The topological polar surface area (TPSA) is 143 Å². The summed E-state index contributed by atoms with van der Waals surface area (Å²) in [6.07, 6.45) is 5.90. The van der Waals surface area contributed by atoms with Gasteiger partial charge in [-0.2, -0.15) is 0 Å². The Morgan fingerprint density at radius 3 is 2.81 bits per heavy atom. The first kappa shape index (κ1) is 22.2. The summed E-state index contributed by atoms with van der Waals surface area (Å²) in [7, 11) is 0. The smallest absolute Gasteiger partial charge is 0.324 e. The number of carbonyl (C=O) groups is 2. The van der Waals surface area contributed by atoms with Gasteiger partial charge in [-0.05, 0) is 39.7 Å². The average molecular weight is 443 g/mol. The van der Waals surface area contributed by atoms with Crippen LogP contribution in [0.1, 0.15) is 32.4 Å². The van der Waals surface area contributed by atoms with E-state index in [2.05, 4.69) is 26.8 Å². The highest BCUT2D eigenvalue weighted by atomic mass is 32.1. The third kappa shape index (κ3) is 4.36. The molecule has 0 bridgehead atoms. The highest BCUT2D eigenvalue weighted by Crippen LogP contribution is 2.34.